The van der Waals surface area contributed by atoms with E-state index in [1.54, 1.807) is 0 Å². The molecule has 1 aromatic carbocycles. The normalized spacial score (nSPS) is 15.9. The van der Waals surface area contributed by atoms with E-state index < -0.39 is 0 Å². The van der Waals surface area contributed by atoms with Crippen LogP contribution in [0.1, 0.15) is 11.1 Å². The molecule has 0 unspecified atom stereocenters. The fourth-order valence-corrected chi connectivity index (χ4v) is 2.26. The molecule has 5 heteroatoms. The summed E-state index contributed by atoms with van der Waals surface area (Å²) in [6.45, 7) is 9.87. The fraction of sp³-hybridized carbons (Fsp3) is 0.533. The zero-order valence-electron chi connectivity index (χ0n) is 12.3. The number of carbonyl (C=O) groups is 1. The van der Waals surface area contributed by atoms with Crippen LogP contribution >= 0.6 is 0 Å². The largest absolute Gasteiger partial charge is 0.337 e. The average molecular weight is 276 g/mol. The summed E-state index contributed by atoms with van der Waals surface area (Å²) in [5, 5.41) is 9.08. The van der Waals surface area contributed by atoms with Gasteiger partial charge >= 0.3 is 6.03 Å². The zero-order chi connectivity index (χ0) is 14.4. The predicted octanol–water partition coefficient (Wildman–Crippen LogP) is 1.33. The molecular weight excluding hydrogens is 252 g/mol. The molecule has 2 rings (SSSR count). The van der Waals surface area contributed by atoms with Crippen molar-refractivity contribution in [2.75, 3.05) is 44.6 Å². The SMILES string of the molecule is Cc1ccc(NC(=O)NCCN2CCNCC2)cc1C. The van der Waals surface area contributed by atoms with Crippen LogP contribution in [0, 0.1) is 13.8 Å². The lowest BCUT2D eigenvalue weighted by Gasteiger charge is -2.27. The summed E-state index contributed by atoms with van der Waals surface area (Å²) in [7, 11) is 0. The molecule has 1 heterocycles. The van der Waals surface area contributed by atoms with Gasteiger partial charge in [0.05, 0.1) is 0 Å². The van der Waals surface area contributed by atoms with E-state index in [1.807, 2.05) is 25.1 Å². The highest BCUT2D eigenvalue weighted by atomic mass is 16.2. The van der Waals surface area contributed by atoms with Crippen molar-refractivity contribution in [2.24, 2.45) is 0 Å². The van der Waals surface area contributed by atoms with Gasteiger partial charge in [0.15, 0.2) is 0 Å². The lowest BCUT2D eigenvalue weighted by atomic mass is 10.1. The molecule has 3 N–H and O–H groups in total. The Hall–Kier alpha value is -1.59. The maximum absolute atomic E-state index is 11.8. The third kappa shape index (κ3) is 4.51. The third-order valence-electron chi connectivity index (χ3n) is 3.69. The standard InChI is InChI=1S/C15H24N4O/c1-12-3-4-14(11-13(12)2)18-15(20)17-7-10-19-8-5-16-6-9-19/h3-4,11,16H,5-10H2,1-2H3,(H2,17,18,20). The van der Waals surface area contributed by atoms with Gasteiger partial charge in [-0.05, 0) is 37.1 Å². The Morgan fingerprint density at radius 2 is 2.00 bits per heavy atom. The van der Waals surface area contributed by atoms with E-state index in [9.17, 15) is 4.79 Å². The van der Waals surface area contributed by atoms with Crippen LogP contribution in [0.25, 0.3) is 0 Å². The Morgan fingerprint density at radius 1 is 1.25 bits per heavy atom. The van der Waals surface area contributed by atoms with Crippen molar-refractivity contribution in [1.82, 2.24) is 15.5 Å². The lowest BCUT2D eigenvalue weighted by molar-refractivity contribution is 0.233. The maximum atomic E-state index is 11.8. The second-order valence-corrected chi connectivity index (χ2v) is 5.27. The number of aryl methyl sites for hydroxylation is 2. The molecule has 0 aromatic heterocycles. The summed E-state index contributed by atoms with van der Waals surface area (Å²) in [6.07, 6.45) is 0. The highest BCUT2D eigenvalue weighted by Crippen LogP contribution is 2.13. The van der Waals surface area contributed by atoms with E-state index in [2.05, 4.69) is 27.8 Å². The molecule has 1 aromatic rings. The number of urea groups is 1. The maximum Gasteiger partial charge on any atom is 0.319 e. The summed E-state index contributed by atoms with van der Waals surface area (Å²) >= 11 is 0. The van der Waals surface area contributed by atoms with Gasteiger partial charge < -0.3 is 16.0 Å². The van der Waals surface area contributed by atoms with Crippen LogP contribution in [-0.4, -0.2) is 50.2 Å². The first-order valence-corrected chi connectivity index (χ1v) is 7.20. The highest BCUT2D eigenvalue weighted by Gasteiger charge is 2.09. The van der Waals surface area contributed by atoms with Crippen molar-refractivity contribution in [3.8, 4) is 0 Å². The number of amides is 2. The summed E-state index contributed by atoms with van der Waals surface area (Å²) in [5.74, 6) is 0. The number of carbonyl (C=O) groups excluding carboxylic acids is 1. The molecule has 0 bridgehead atoms. The molecule has 0 aliphatic carbocycles. The van der Waals surface area contributed by atoms with Gasteiger partial charge in [0, 0.05) is 45.0 Å². The number of hydrogen-bond acceptors (Lipinski definition) is 3. The van der Waals surface area contributed by atoms with Crippen LogP contribution in [0.3, 0.4) is 0 Å². The van der Waals surface area contributed by atoms with Crippen LogP contribution in [0.15, 0.2) is 18.2 Å². The van der Waals surface area contributed by atoms with Crippen molar-refractivity contribution in [1.29, 1.82) is 0 Å². The Labute approximate surface area is 120 Å². The van der Waals surface area contributed by atoms with Crippen molar-refractivity contribution in [3.05, 3.63) is 29.3 Å². The molecule has 0 radical (unpaired) electrons. The van der Waals surface area contributed by atoms with Crippen molar-refractivity contribution >= 4 is 11.7 Å². The Bertz CT molecular complexity index is 455. The molecule has 20 heavy (non-hydrogen) atoms. The topological polar surface area (TPSA) is 56.4 Å². The van der Waals surface area contributed by atoms with Gasteiger partial charge in [-0.15, -0.1) is 0 Å². The molecular formula is C15H24N4O. The van der Waals surface area contributed by atoms with Crippen LogP contribution < -0.4 is 16.0 Å². The number of rotatable bonds is 4. The van der Waals surface area contributed by atoms with Crippen LogP contribution in [0.2, 0.25) is 0 Å². The predicted molar refractivity (Wildman–Crippen MR) is 82.2 cm³/mol. The molecule has 1 saturated heterocycles. The van der Waals surface area contributed by atoms with Gasteiger partial charge in [0.25, 0.3) is 0 Å². The lowest BCUT2D eigenvalue weighted by Crippen LogP contribution is -2.46. The van der Waals surface area contributed by atoms with Crippen LogP contribution in [0.4, 0.5) is 10.5 Å². The summed E-state index contributed by atoms with van der Waals surface area (Å²) < 4.78 is 0. The van der Waals surface area contributed by atoms with Gasteiger partial charge in [-0.3, -0.25) is 4.90 Å². The van der Waals surface area contributed by atoms with E-state index in [1.165, 1.54) is 11.1 Å². The van der Waals surface area contributed by atoms with Crippen LogP contribution in [-0.2, 0) is 0 Å². The number of hydrogen-bond donors (Lipinski definition) is 3. The van der Waals surface area contributed by atoms with E-state index in [4.69, 9.17) is 0 Å². The number of benzene rings is 1. The van der Waals surface area contributed by atoms with Gasteiger partial charge in [-0.25, -0.2) is 4.79 Å². The average Bonchev–Trinajstić information content (AvgIpc) is 2.44. The highest BCUT2D eigenvalue weighted by molar-refractivity contribution is 5.89. The third-order valence-corrected chi connectivity index (χ3v) is 3.69. The quantitative estimate of drug-likeness (QED) is 0.777. The molecule has 2 amide bonds. The number of nitrogens with one attached hydrogen (secondary N) is 3. The molecule has 0 atom stereocenters. The Morgan fingerprint density at radius 3 is 2.70 bits per heavy atom. The van der Waals surface area contributed by atoms with Crippen molar-refractivity contribution < 1.29 is 4.79 Å². The summed E-state index contributed by atoms with van der Waals surface area (Å²) in [4.78, 5) is 14.2. The molecule has 110 valence electrons. The van der Waals surface area contributed by atoms with E-state index >= 15 is 0 Å². The second kappa shape index (κ2) is 7.26. The second-order valence-electron chi connectivity index (χ2n) is 5.27. The van der Waals surface area contributed by atoms with E-state index in [0.29, 0.717) is 6.54 Å². The molecule has 5 nitrogen and oxygen atoms in total. The monoisotopic (exact) mass is 276 g/mol. The summed E-state index contributed by atoms with van der Waals surface area (Å²) in [5.41, 5.74) is 3.26. The first-order chi connectivity index (χ1) is 9.65. The van der Waals surface area contributed by atoms with Gasteiger partial charge in [0.2, 0.25) is 0 Å². The molecule has 1 aliphatic heterocycles. The minimum absolute atomic E-state index is 0.136. The first kappa shape index (κ1) is 14.8. The van der Waals surface area contributed by atoms with Gasteiger partial charge in [0.1, 0.15) is 0 Å². The van der Waals surface area contributed by atoms with Crippen molar-refractivity contribution in [3.63, 3.8) is 0 Å². The smallest absolute Gasteiger partial charge is 0.319 e. The first-order valence-electron chi connectivity index (χ1n) is 7.20. The molecule has 0 spiro atoms. The molecule has 1 aliphatic rings. The van der Waals surface area contributed by atoms with Gasteiger partial charge in [-0.2, -0.15) is 0 Å². The molecule has 0 saturated carbocycles. The number of nitrogens with zero attached hydrogens (tertiary/aromatic N) is 1. The zero-order valence-corrected chi connectivity index (χ0v) is 12.3. The Kier molecular flexibility index (Phi) is 5.38. The van der Waals surface area contributed by atoms with Crippen molar-refractivity contribution in [2.45, 2.75) is 13.8 Å². The number of piperazine rings is 1. The minimum Gasteiger partial charge on any atom is -0.337 e. The summed E-state index contributed by atoms with van der Waals surface area (Å²) in [6, 6.07) is 5.80. The number of anilines is 1. The molecule has 1 fully saturated rings. The van der Waals surface area contributed by atoms with E-state index in [0.717, 1.165) is 38.4 Å². The van der Waals surface area contributed by atoms with Gasteiger partial charge in [-0.1, -0.05) is 6.07 Å². The Balaban J connectivity index is 1.70. The fourth-order valence-electron chi connectivity index (χ4n) is 2.26. The minimum atomic E-state index is -0.136. The van der Waals surface area contributed by atoms with E-state index in [-0.39, 0.29) is 6.03 Å². The van der Waals surface area contributed by atoms with Crippen LogP contribution in [0.5, 0.6) is 0 Å².